The summed E-state index contributed by atoms with van der Waals surface area (Å²) >= 11 is 5.68. The molecule has 0 aromatic heterocycles. The van der Waals surface area contributed by atoms with Gasteiger partial charge < -0.3 is 9.90 Å². The number of carbonyl (C=O) groups excluding carboxylic acids is 2. The lowest BCUT2D eigenvalue weighted by molar-refractivity contribution is -0.255. The van der Waals surface area contributed by atoms with Crippen molar-refractivity contribution in [3.8, 4) is 0 Å². The fourth-order valence-electron chi connectivity index (χ4n) is 1.84. The lowest BCUT2D eigenvalue weighted by Gasteiger charge is -2.11. The number of carboxylic acids is 1. The molecule has 2 aromatic rings. The van der Waals surface area contributed by atoms with Gasteiger partial charge in [0.1, 0.15) is 0 Å². The molecule has 0 amide bonds. The minimum absolute atomic E-state index is 0.123. The van der Waals surface area contributed by atoms with E-state index in [0.29, 0.717) is 5.56 Å². The van der Waals surface area contributed by atoms with Gasteiger partial charge in [-0.15, -0.1) is 0 Å². The monoisotopic (exact) mass is 352 g/mol. The Morgan fingerprint density at radius 2 is 1.83 bits per heavy atom. The molecule has 8 heteroatoms. The molecule has 0 heterocycles. The van der Waals surface area contributed by atoms with Crippen LogP contribution in [0.2, 0.25) is 5.02 Å². The molecule has 2 rings (SSSR count). The van der Waals surface area contributed by atoms with Gasteiger partial charge in [-0.25, -0.2) is 8.42 Å². The molecule has 0 saturated heterocycles. The van der Waals surface area contributed by atoms with E-state index in [1.807, 2.05) is 0 Å². The van der Waals surface area contributed by atoms with Gasteiger partial charge in [-0.3, -0.25) is 9.52 Å². The van der Waals surface area contributed by atoms with Gasteiger partial charge >= 0.3 is 0 Å². The minimum atomic E-state index is -4.04. The van der Waals surface area contributed by atoms with Crippen molar-refractivity contribution in [2.45, 2.75) is 11.8 Å². The normalized spacial score (nSPS) is 11.0. The fourth-order valence-corrected chi connectivity index (χ4v) is 3.11. The number of anilines is 1. The van der Waals surface area contributed by atoms with Crippen LogP contribution >= 0.6 is 11.6 Å². The summed E-state index contributed by atoms with van der Waals surface area (Å²) in [4.78, 5) is 22.0. The lowest BCUT2D eigenvalue weighted by Crippen LogP contribution is -2.23. The molecule has 0 radical (unpaired) electrons. The maximum atomic E-state index is 12.3. The first-order chi connectivity index (χ1) is 10.7. The van der Waals surface area contributed by atoms with Crippen molar-refractivity contribution in [3.63, 3.8) is 0 Å². The third-order valence-electron chi connectivity index (χ3n) is 2.99. The summed E-state index contributed by atoms with van der Waals surface area (Å²) in [6.45, 7) is 1.36. The summed E-state index contributed by atoms with van der Waals surface area (Å²) in [6, 6.07) is 9.18. The van der Waals surface area contributed by atoms with Gasteiger partial charge in [-0.05, 0) is 37.3 Å². The first kappa shape index (κ1) is 17.0. The van der Waals surface area contributed by atoms with Crippen LogP contribution in [0.25, 0.3) is 0 Å². The second-order valence-electron chi connectivity index (χ2n) is 4.67. The van der Waals surface area contributed by atoms with Crippen LogP contribution in [0.15, 0.2) is 47.4 Å². The SMILES string of the molecule is CC(=O)c1cccc(NS(=O)(=O)c2ccc(Cl)c(C(=O)[O-])c2)c1. The Morgan fingerprint density at radius 1 is 1.13 bits per heavy atom. The van der Waals surface area contributed by atoms with E-state index < -0.39 is 21.6 Å². The summed E-state index contributed by atoms with van der Waals surface area (Å²) in [7, 11) is -4.04. The average Bonchev–Trinajstić information content (AvgIpc) is 2.46. The molecule has 0 bridgehead atoms. The zero-order valence-electron chi connectivity index (χ0n) is 11.9. The number of carboxylic acid groups (broad SMARTS) is 1. The number of hydrogen-bond acceptors (Lipinski definition) is 5. The molecule has 2 aromatic carbocycles. The topological polar surface area (TPSA) is 103 Å². The Hall–Kier alpha value is -2.38. The van der Waals surface area contributed by atoms with Gasteiger partial charge in [0.05, 0.1) is 10.9 Å². The Morgan fingerprint density at radius 3 is 2.43 bits per heavy atom. The van der Waals surface area contributed by atoms with Crippen molar-refractivity contribution >= 4 is 39.1 Å². The third kappa shape index (κ3) is 3.88. The van der Waals surface area contributed by atoms with Crippen LogP contribution in [0.4, 0.5) is 5.69 Å². The first-order valence-corrected chi connectivity index (χ1v) is 8.21. The largest absolute Gasteiger partial charge is 0.545 e. The smallest absolute Gasteiger partial charge is 0.261 e. The standard InChI is InChI=1S/C15H12ClNO5S/c1-9(18)10-3-2-4-11(7-10)17-23(21,22)12-5-6-14(16)13(8-12)15(19)20/h2-8,17H,1H3,(H,19,20)/p-1. The van der Waals surface area contributed by atoms with Gasteiger partial charge in [0.2, 0.25) is 0 Å². The Bertz CT molecular complexity index is 892. The molecular weight excluding hydrogens is 342 g/mol. The molecule has 0 aliphatic rings. The van der Waals surface area contributed by atoms with Crippen molar-refractivity contribution in [2.24, 2.45) is 0 Å². The van der Waals surface area contributed by atoms with E-state index in [1.165, 1.54) is 31.2 Å². The molecule has 0 fully saturated rings. The van der Waals surface area contributed by atoms with Crippen LogP contribution < -0.4 is 9.83 Å². The van der Waals surface area contributed by atoms with Crippen LogP contribution in [0.3, 0.4) is 0 Å². The Labute approximate surface area is 137 Å². The predicted octanol–water partition coefficient (Wildman–Crippen LogP) is 1.71. The Balaban J connectivity index is 2.40. The van der Waals surface area contributed by atoms with Crippen LogP contribution in [-0.2, 0) is 10.0 Å². The fraction of sp³-hybridized carbons (Fsp3) is 0.0667. The molecule has 0 saturated carbocycles. The highest BCUT2D eigenvalue weighted by molar-refractivity contribution is 7.92. The number of benzene rings is 2. The van der Waals surface area contributed by atoms with Crippen molar-refractivity contribution in [3.05, 3.63) is 58.6 Å². The molecule has 0 aliphatic heterocycles. The molecule has 120 valence electrons. The first-order valence-electron chi connectivity index (χ1n) is 6.35. The molecule has 1 N–H and O–H groups in total. The van der Waals surface area contributed by atoms with Crippen molar-refractivity contribution in [1.29, 1.82) is 0 Å². The van der Waals surface area contributed by atoms with Crippen molar-refractivity contribution in [2.75, 3.05) is 4.72 Å². The molecule has 0 atom stereocenters. The maximum Gasteiger partial charge on any atom is 0.261 e. The third-order valence-corrected chi connectivity index (χ3v) is 4.70. The summed E-state index contributed by atoms with van der Waals surface area (Å²) in [5.41, 5.74) is 0.103. The Kier molecular flexibility index (Phi) is 4.72. The van der Waals surface area contributed by atoms with E-state index in [4.69, 9.17) is 11.6 Å². The second-order valence-corrected chi connectivity index (χ2v) is 6.76. The number of ketones is 1. The number of carbonyl (C=O) groups is 2. The highest BCUT2D eigenvalue weighted by atomic mass is 35.5. The van der Waals surface area contributed by atoms with Crippen molar-refractivity contribution in [1.82, 2.24) is 0 Å². The number of sulfonamides is 1. The maximum absolute atomic E-state index is 12.3. The number of halogens is 1. The zero-order valence-corrected chi connectivity index (χ0v) is 13.4. The molecule has 23 heavy (non-hydrogen) atoms. The molecule has 0 spiro atoms. The van der Waals surface area contributed by atoms with Gasteiger partial charge in [0.15, 0.2) is 5.78 Å². The van der Waals surface area contributed by atoms with Crippen LogP contribution in [0.5, 0.6) is 0 Å². The van der Waals surface area contributed by atoms with Gasteiger partial charge in [0.25, 0.3) is 10.0 Å². The highest BCUT2D eigenvalue weighted by Crippen LogP contribution is 2.22. The predicted molar refractivity (Wildman–Crippen MR) is 83.0 cm³/mol. The van der Waals surface area contributed by atoms with Crippen LogP contribution in [0.1, 0.15) is 27.6 Å². The minimum Gasteiger partial charge on any atom is -0.545 e. The van der Waals surface area contributed by atoms with E-state index in [-0.39, 0.29) is 21.4 Å². The van der Waals surface area contributed by atoms with Gasteiger partial charge in [-0.2, -0.15) is 0 Å². The number of Topliss-reactive ketones (excluding diaryl/α,β-unsaturated/α-hetero) is 1. The summed E-state index contributed by atoms with van der Waals surface area (Å²) in [5.74, 6) is -1.79. The van der Waals surface area contributed by atoms with E-state index >= 15 is 0 Å². The molecule has 6 nitrogen and oxygen atoms in total. The summed E-state index contributed by atoms with van der Waals surface area (Å²) in [6.07, 6.45) is 0. The highest BCUT2D eigenvalue weighted by Gasteiger charge is 2.17. The van der Waals surface area contributed by atoms with E-state index in [1.54, 1.807) is 6.07 Å². The van der Waals surface area contributed by atoms with Crippen LogP contribution in [0, 0.1) is 0 Å². The lowest BCUT2D eigenvalue weighted by atomic mass is 10.1. The summed E-state index contributed by atoms with van der Waals surface area (Å²) in [5, 5.41) is 10.8. The van der Waals surface area contributed by atoms with E-state index in [9.17, 15) is 23.1 Å². The molecule has 0 aliphatic carbocycles. The van der Waals surface area contributed by atoms with E-state index in [0.717, 1.165) is 12.1 Å². The number of nitrogens with one attached hydrogen (secondary N) is 1. The van der Waals surface area contributed by atoms with Gasteiger partial charge in [0, 0.05) is 21.8 Å². The molecule has 0 unspecified atom stereocenters. The van der Waals surface area contributed by atoms with Crippen LogP contribution in [-0.4, -0.2) is 20.2 Å². The van der Waals surface area contributed by atoms with E-state index in [2.05, 4.69) is 4.72 Å². The molecular formula is C15H11ClNO5S-. The number of rotatable bonds is 5. The quantitative estimate of drug-likeness (QED) is 0.825. The second kappa shape index (κ2) is 6.39. The summed E-state index contributed by atoms with van der Waals surface area (Å²) < 4.78 is 26.9. The number of hydrogen-bond donors (Lipinski definition) is 1. The zero-order chi connectivity index (χ0) is 17.2. The van der Waals surface area contributed by atoms with Crippen molar-refractivity contribution < 1.29 is 23.1 Å². The average molecular weight is 353 g/mol. The van der Waals surface area contributed by atoms with Gasteiger partial charge in [-0.1, -0.05) is 23.7 Å². The number of aromatic carboxylic acids is 1.